The molecule has 0 bridgehead atoms. The van der Waals surface area contributed by atoms with E-state index in [0.717, 1.165) is 5.69 Å². The minimum Gasteiger partial charge on any atom is -0.256 e. The van der Waals surface area contributed by atoms with Gasteiger partial charge in [-0.2, -0.15) is 0 Å². The highest BCUT2D eigenvalue weighted by Gasteiger charge is 2.39. The van der Waals surface area contributed by atoms with Gasteiger partial charge in [-0.3, -0.25) is 4.98 Å². The van der Waals surface area contributed by atoms with Crippen molar-refractivity contribution < 1.29 is 0 Å². The van der Waals surface area contributed by atoms with Crippen LogP contribution in [-0.4, -0.2) is 4.98 Å². The van der Waals surface area contributed by atoms with Crippen LogP contribution in [0.15, 0.2) is 60.8 Å². The lowest BCUT2D eigenvalue weighted by Gasteiger charge is -2.30. The van der Waals surface area contributed by atoms with E-state index in [1.807, 2.05) is 6.07 Å². The standard InChI is InChI=1S/C24H25N/c1-23(2,3)19-13-9-12-17-18-15-25-21(16-10-7-6-8-11-16)14-20(18)24(4,5)22(17)19/h6-15H,1-5H3. The molecule has 1 aliphatic carbocycles. The molecule has 0 N–H and O–H groups in total. The fraction of sp³-hybridized carbons (Fsp3) is 0.292. The normalized spacial score (nSPS) is 14.9. The van der Waals surface area contributed by atoms with Gasteiger partial charge in [-0.1, -0.05) is 83.1 Å². The summed E-state index contributed by atoms with van der Waals surface area (Å²) >= 11 is 0. The number of aromatic nitrogens is 1. The molecular weight excluding hydrogens is 302 g/mol. The molecule has 0 atom stereocenters. The van der Waals surface area contributed by atoms with Crippen LogP contribution in [0, 0.1) is 0 Å². The van der Waals surface area contributed by atoms with Crippen molar-refractivity contribution in [3.8, 4) is 22.4 Å². The molecule has 1 aliphatic rings. The topological polar surface area (TPSA) is 12.9 Å². The molecule has 0 radical (unpaired) electrons. The zero-order chi connectivity index (χ0) is 17.8. The lowest BCUT2D eigenvalue weighted by Crippen LogP contribution is -2.23. The number of hydrogen-bond donors (Lipinski definition) is 0. The van der Waals surface area contributed by atoms with Crippen molar-refractivity contribution in [2.75, 3.05) is 0 Å². The van der Waals surface area contributed by atoms with Gasteiger partial charge in [-0.25, -0.2) is 0 Å². The molecule has 0 fully saturated rings. The molecule has 0 amide bonds. The average Bonchev–Trinajstić information content (AvgIpc) is 2.82. The van der Waals surface area contributed by atoms with Crippen molar-refractivity contribution in [2.45, 2.75) is 45.4 Å². The summed E-state index contributed by atoms with van der Waals surface area (Å²) in [5, 5.41) is 0. The van der Waals surface area contributed by atoms with E-state index in [0.29, 0.717) is 0 Å². The highest BCUT2D eigenvalue weighted by atomic mass is 14.7. The van der Waals surface area contributed by atoms with Crippen LogP contribution in [0.2, 0.25) is 0 Å². The van der Waals surface area contributed by atoms with Crippen LogP contribution < -0.4 is 0 Å². The molecule has 4 rings (SSSR count). The summed E-state index contributed by atoms with van der Waals surface area (Å²) in [6.07, 6.45) is 2.07. The maximum absolute atomic E-state index is 4.78. The van der Waals surface area contributed by atoms with Gasteiger partial charge >= 0.3 is 0 Å². The summed E-state index contributed by atoms with van der Waals surface area (Å²) in [6.45, 7) is 11.6. The van der Waals surface area contributed by atoms with Crippen molar-refractivity contribution in [1.29, 1.82) is 0 Å². The maximum atomic E-state index is 4.78. The third-order valence-electron chi connectivity index (χ3n) is 5.43. The second kappa shape index (κ2) is 5.29. The second-order valence-electron chi connectivity index (χ2n) is 8.58. The van der Waals surface area contributed by atoms with Crippen LogP contribution in [0.1, 0.15) is 51.3 Å². The quantitative estimate of drug-likeness (QED) is 0.507. The summed E-state index contributed by atoms with van der Waals surface area (Å²) in [5.74, 6) is 0. The van der Waals surface area contributed by atoms with Crippen LogP contribution in [-0.2, 0) is 10.8 Å². The predicted molar refractivity (Wildman–Crippen MR) is 106 cm³/mol. The van der Waals surface area contributed by atoms with E-state index in [4.69, 9.17) is 4.98 Å². The van der Waals surface area contributed by atoms with Gasteiger partial charge in [0.15, 0.2) is 0 Å². The molecule has 0 aliphatic heterocycles. The van der Waals surface area contributed by atoms with E-state index in [9.17, 15) is 0 Å². The van der Waals surface area contributed by atoms with E-state index >= 15 is 0 Å². The van der Waals surface area contributed by atoms with E-state index in [1.54, 1.807) is 0 Å². The zero-order valence-electron chi connectivity index (χ0n) is 15.7. The first kappa shape index (κ1) is 16.1. The van der Waals surface area contributed by atoms with Crippen molar-refractivity contribution in [3.63, 3.8) is 0 Å². The molecule has 1 nitrogen and oxygen atoms in total. The fourth-order valence-corrected chi connectivity index (χ4v) is 4.16. The first-order valence-electron chi connectivity index (χ1n) is 9.00. The number of nitrogens with zero attached hydrogens (tertiary/aromatic N) is 1. The summed E-state index contributed by atoms with van der Waals surface area (Å²) in [7, 11) is 0. The van der Waals surface area contributed by atoms with Gasteiger partial charge in [0.2, 0.25) is 0 Å². The van der Waals surface area contributed by atoms with Crippen molar-refractivity contribution >= 4 is 0 Å². The Morgan fingerprint density at radius 2 is 1.56 bits per heavy atom. The number of rotatable bonds is 1. The Kier molecular flexibility index (Phi) is 3.40. The summed E-state index contributed by atoms with van der Waals surface area (Å²) in [5.41, 5.74) is 9.25. The van der Waals surface area contributed by atoms with Crippen LogP contribution in [0.5, 0.6) is 0 Å². The average molecular weight is 327 g/mol. The molecule has 0 saturated heterocycles. The number of fused-ring (bicyclic) bond motifs is 3. The molecule has 25 heavy (non-hydrogen) atoms. The molecule has 3 aromatic rings. The lowest BCUT2D eigenvalue weighted by atomic mass is 9.74. The Bertz CT molecular complexity index is 944. The van der Waals surface area contributed by atoms with E-state index in [1.165, 1.54) is 33.4 Å². The molecule has 1 aromatic heterocycles. The van der Waals surface area contributed by atoms with Gasteiger partial charge in [0.05, 0.1) is 5.69 Å². The molecule has 0 spiro atoms. The SMILES string of the molecule is CC(C)(C)c1cccc2c1C(C)(C)c1cc(-c3ccccc3)ncc1-2. The Balaban J connectivity index is 1.95. The monoisotopic (exact) mass is 327 g/mol. The molecule has 1 heterocycles. The highest BCUT2D eigenvalue weighted by molar-refractivity contribution is 5.83. The third-order valence-corrected chi connectivity index (χ3v) is 5.43. The van der Waals surface area contributed by atoms with E-state index < -0.39 is 0 Å². The Morgan fingerprint density at radius 1 is 0.840 bits per heavy atom. The van der Waals surface area contributed by atoms with Gasteiger partial charge in [0.1, 0.15) is 0 Å². The molecular formula is C24H25N. The van der Waals surface area contributed by atoms with E-state index in [2.05, 4.69) is 89.3 Å². The van der Waals surface area contributed by atoms with Crippen molar-refractivity contribution in [3.05, 3.63) is 77.5 Å². The Hall–Kier alpha value is -2.41. The van der Waals surface area contributed by atoms with Crippen LogP contribution in [0.3, 0.4) is 0 Å². The molecule has 126 valence electrons. The molecule has 1 heteroatoms. The number of pyridine rings is 1. The summed E-state index contributed by atoms with van der Waals surface area (Å²) in [6, 6.07) is 19.5. The van der Waals surface area contributed by atoms with Crippen molar-refractivity contribution in [2.24, 2.45) is 0 Å². The maximum Gasteiger partial charge on any atom is 0.0705 e. The van der Waals surface area contributed by atoms with E-state index in [-0.39, 0.29) is 10.8 Å². The molecule has 0 unspecified atom stereocenters. The third kappa shape index (κ3) is 2.41. The molecule has 0 saturated carbocycles. The second-order valence-corrected chi connectivity index (χ2v) is 8.58. The van der Waals surface area contributed by atoms with Gasteiger partial charge in [-0.05, 0) is 33.7 Å². The predicted octanol–water partition coefficient (Wildman–Crippen LogP) is 6.35. The lowest BCUT2D eigenvalue weighted by molar-refractivity contribution is 0.556. The largest absolute Gasteiger partial charge is 0.256 e. The van der Waals surface area contributed by atoms with Gasteiger partial charge in [0, 0.05) is 22.7 Å². The van der Waals surface area contributed by atoms with Crippen LogP contribution >= 0.6 is 0 Å². The summed E-state index contributed by atoms with van der Waals surface area (Å²) < 4.78 is 0. The minimum absolute atomic E-state index is 0.0129. The van der Waals surface area contributed by atoms with Crippen LogP contribution in [0.25, 0.3) is 22.4 Å². The minimum atomic E-state index is -0.0129. The smallest absolute Gasteiger partial charge is 0.0705 e. The Morgan fingerprint density at radius 3 is 2.24 bits per heavy atom. The van der Waals surface area contributed by atoms with Crippen LogP contribution in [0.4, 0.5) is 0 Å². The number of hydrogen-bond acceptors (Lipinski definition) is 1. The fourth-order valence-electron chi connectivity index (χ4n) is 4.16. The highest BCUT2D eigenvalue weighted by Crippen LogP contribution is 2.52. The summed E-state index contributed by atoms with van der Waals surface area (Å²) in [4.78, 5) is 4.78. The van der Waals surface area contributed by atoms with Gasteiger partial charge < -0.3 is 0 Å². The van der Waals surface area contributed by atoms with Gasteiger partial charge in [-0.15, -0.1) is 0 Å². The first-order chi connectivity index (χ1) is 11.8. The molecule has 2 aromatic carbocycles. The Labute approximate surface area is 150 Å². The number of benzene rings is 2. The van der Waals surface area contributed by atoms with Gasteiger partial charge in [0.25, 0.3) is 0 Å². The van der Waals surface area contributed by atoms with Crippen molar-refractivity contribution in [1.82, 2.24) is 4.98 Å². The zero-order valence-corrected chi connectivity index (χ0v) is 15.7. The first-order valence-corrected chi connectivity index (χ1v) is 9.00.